The molecule has 0 bridgehead atoms. The van der Waals surface area contributed by atoms with Gasteiger partial charge in [0.15, 0.2) is 9.84 Å². The van der Waals surface area contributed by atoms with E-state index in [0.717, 1.165) is 45.1 Å². The van der Waals surface area contributed by atoms with E-state index in [1.165, 1.54) is 19.3 Å². The summed E-state index contributed by atoms with van der Waals surface area (Å²) in [6.45, 7) is 9.17. The Bertz CT molecular complexity index is 322. The lowest BCUT2D eigenvalue weighted by Gasteiger charge is -2.31. The van der Waals surface area contributed by atoms with Crippen molar-refractivity contribution in [1.82, 2.24) is 10.2 Å². The maximum atomic E-state index is 11.7. The minimum Gasteiger partial charge on any atom is -0.316 e. The van der Waals surface area contributed by atoms with Gasteiger partial charge in [0.25, 0.3) is 0 Å². The molecule has 0 amide bonds. The summed E-state index contributed by atoms with van der Waals surface area (Å²) < 4.78 is 23.4. The number of piperidine rings is 1. The highest BCUT2D eigenvalue weighted by Crippen LogP contribution is 2.16. The molecule has 114 valence electrons. The van der Waals surface area contributed by atoms with Crippen LogP contribution in [0, 0.1) is 5.92 Å². The van der Waals surface area contributed by atoms with Crippen LogP contribution in [0.3, 0.4) is 0 Å². The molecule has 1 rings (SSSR count). The van der Waals surface area contributed by atoms with Crippen molar-refractivity contribution in [2.45, 2.75) is 39.5 Å². The summed E-state index contributed by atoms with van der Waals surface area (Å²) in [5.74, 6) is 1.44. The molecule has 1 saturated heterocycles. The van der Waals surface area contributed by atoms with Gasteiger partial charge in [0.2, 0.25) is 0 Å². The maximum absolute atomic E-state index is 11.7. The molecule has 1 heterocycles. The molecule has 0 aliphatic carbocycles. The predicted molar refractivity (Wildman–Crippen MR) is 81.3 cm³/mol. The van der Waals surface area contributed by atoms with Gasteiger partial charge in [-0.3, -0.25) is 0 Å². The third kappa shape index (κ3) is 7.28. The molecule has 0 unspecified atom stereocenters. The summed E-state index contributed by atoms with van der Waals surface area (Å²) in [6, 6.07) is 0. The first kappa shape index (κ1) is 16.9. The number of nitrogens with zero attached hydrogens (tertiary/aromatic N) is 1. The minimum atomic E-state index is -2.82. The van der Waals surface area contributed by atoms with E-state index in [9.17, 15) is 8.42 Å². The lowest BCUT2D eigenvalue weighted by atomic mass is 9.97. The summed E-state index contributed by atoms with van der Waals surface area (Å²) in [4.78, 5) is 2.31. The molecule has 0 saturated carbocycles. The molecule has 0 spiro atoms. The first-order valence-corrected chi connectivity index (χ1v) is 9.53. The number of nitrogens with one attached hydrogen (secondary N) is 1. The van der Waals surface area contributed by atoms with Crippen molar-refractivity contribution >= 4 is 9.84 Å². The van der Waals surface area contributed by atoms with Gasteiger partial charge in [-0.05, 0) is 57.8 Å². The zero-order chi connectivity index (χ0) is 14.1. The van der Waals surface area contributed by atoms with Crippen LogP contribution >= 0.6 is 0 Å². The van der Waals surface area contributed by atoms with Gasteiger partial charge in [-0.1, -0.05) is 13.8 Å². The van der Waals surface area contributed by atoms with Crippen LogP contribution in [0.2, 0.25) is 0 Å². The Morgan fingerprint density at radius 1 is 1.11 bits per heavy atom. The van der Waals surface area contributed by atoms with Gasteiger partial charge in [0.05, 0.1) is 5.75 Å². The largest absolute Gasteiger partial charge is 0.316 e. The van der Waals surface area contributed by atoms with Crippen molar-refractivity contribution in [2.75, 3.05) is 44.2 Å². The third-order valence-electron chi connectivity index (χ3n) is 3.80. The molecule has 1 aliphatic rings. The fourth-order valence-corrected chi connectivity index (χ4v) is 3.94. The Morgan fingerprint density at radius 3 is 2.37 bits per heavy atom. The van der Waals surface area contributed by atoms with Crippen molar-refractivity contribution in [2.24, 2.45) is 5.92 Å². The van der Waals surface area contributed by atoms with Crippen molar-refractivity contribution in [1.29, 1.82) is 0 Å². The molecular weight excluding hydrogens is 260 g/mol. The smallest absolute Gasteiger partial charge is 0.151 e. The summed E-state index contributed by atoms with van der Waals surface area (Å²) in [7, 11) is -2.82. The summed E-state index contributed by atoms with van der Waals surface area (Å²) >= 11 is 0. The Labute approximate surface area is 118 Å². The lowest BCUT2D eigenvalue weighted by molar-refractivity contribution is 0.191. The standard InChI is InChI=1S/C14H30N2O2S/c1-3-7-15-13-14-5-8-16(9-6-14)10-12-19(17,18)11-4-2/h14-15H,3-13H2,1-2H3. The summed E-state index contributed by atoms with van der Waals surface area (Å²) in [5.41, 5.74) is 0. The van der Waals surface area contributed by atoms with E-state index in [4.69, 9.17) is 0 Å². The monoisotopic (exact) mass is 290 g/mol. The lowest BCUT2D eigenvalue weighted by Crippen LogP contribution is -2.39. The van der Waals surface area contributed by atoms with E-state index in [0.29, 0.717) is 11.5 Å². The van der Waals surface area contributed by atoms with Crippen LogP contribution in [0.15, 0.2) is 0 Å². The first-order chi connectivity index (χ1) is 9.07. The molecule has 5 heteroatoms. The zero-order valence-electron chi connectivity index (χ0n) is 12.5. The number of hydrogen-bond donors (Lipinski definition) is 1. The Hall–Kier alpha value is -0.130. The van der Waals surface area contributed by atoms with Crippen LogP contribution in [0.5, 0.6) is 0 Å². The summed E-state index contributed by atoms with van der Waals surface area (Å²) in [6.07, 6.45) is 4.32. The molecule has 0 aromatic rings. The van der Waals surface area contributed by atoms with Gasteiger partial charge < -0.3 is 10.2 Å². The molecule has 1 fully saturated rings. The van der Waals surface area contributed by atoms with E-state index in [1.807, 2.05) is 6.92 Å². The second-order valence-electron chi connectivity index (χ2n) is 5.64. The summed E-state index contributed by atoms with van der Waals surface area (Å²) in [5, 5.41) is 3.48. The third-order valence-corrected chi connectivity index (χ3v) is 5.64. The Morgan fingerprint density at radius 2 is 1.79 bits per heavy atom. The van der Waals surface area contributed by atoms with Crippen molar-refractivity contribution in [3.63, 3.8) is 0 Å². The van der Waals surface area contributed by atoms with Crippen molar-refractivity contribution in [3.05, 3.63) is 0 Å². The molecule has 19 heavy (non-hydrogen) atoms. The van der Waals surface area contributed by atoms with Crippen LogP contribution in [0.4, 0.5) is 0 Å². The molecule has 0 atom stereocenters. The first-order valence-electron chi connectivity index (χ1n) is 7.71. The van der Waals surface area contributed by atoms with Crippen LogP contribution in [0.25, 0.3) is 0 Å². The average Bonchev–Trinajstić information content (AvgIpc) is 2.38. The molecule has 0 aromatic heterocycles. The number of hydrogen-bond acceptors (Lipinski definition) is 4. The van der Waals surface area contributed by atoms with Gasteiger partial charge in [-0.2, -0.15) is 0 Å². The fourth-order valence-electron chi connectivity index (χ4n) is 2.58. The normalized spacial score (nSPS) is 18.8. The average molecular weight is 290 g/mol. The minimum absolute atomic E-state index is 0.333. The molecule has 1 N–H and O–H groups in total. The van der Waals surface area contributed by atoms with E-state index in [-0.39, 0.29) is 0 Å². The second kappa shape index (κ2) is 8.93. The van der Waals surface area contributed by atoms with Gasteiger partial charge in [-0.15, -0.1) is 0 Å². The molecular formula is C14H30N2O2S. The molecule has 1 aliphatic heterocycles. The Kier molecular flexibility index (Phi) is 7.95. The van der Waals surface area contributed by atoms with Gasteiger partial charge in [-0.25, -0.2) is 8.42 Å². The van der Waals surface area contributed by atoms with Crippen LogP contribution in [-0.2, 0) is 9.84 Å². The highest BCUT2D eigenvalue weighted by Gasteiger charge is 2.20. The SMILES string of the molecule is CCCNCC1CCN(CCS(=O)(=O)CCC)CC1. The second-order valence-corrected chi connectivity index (χ2v) is 7.94. The van der Waals surface area contributed by atoms with Gasteiger partial charge in [0.1, 0.15) is 0 Å². The fraction of sp³-hybridized carbons (Fsp3) is 1.00. The van der Waals surface area contributed by atoms with E-state index < -0.39 is 9.84 Å². The highest BCUT2D eigenvalue weighted by molar-refractivity contribution is 7.91. The number of rotatable bonds is 9. The molecule has 4 nitrogen and oxygen atoms in total. The van der Waals surface area contributed by atoms with Crippen LogP contribution in [0.1, 0.15) is 39.5 Å². The number of likely N-dealkylation sites (tertiary alicyclic amines) is 1. The number of sulfone groups is 1. The van der Waals surface area contributed by atoms with Gasteiger partial charge >= 0.3 is 0 Å². The predicted octanol–water partition coefficient (Wildman–Crippen LogP) is 1.52. The van der Waals surface area contributed by atoms with Gasteiger partial charge in [0, 0.05) is 12.3 Å². The van der Waals surface area contributed by atoms with Crippen molar-refractivity contribution in [3.8, 4) is 0 Å². The highest BCUT2D eigenvalue weighted by atomic mass is 32.2. The van der Waals surface area contributed by atoms with E-state index in [1.54, 1.807) is 0 Å². The Balaban J connectivity index is 2.16. The quantitative estimate of drug-likeness (QED) is 0.654. The molecule has 0 aromatic carbocycles. The van der Waals surface area contributed by atoms with Crippen LogP contribution < -0.4 is 5.32 Å². The molecule has 0 radical (unpaired) electrons. The maximum Gasteiger partial charge on any atom is 0.151 e. The van der Waals surface area contributed by atoms with Crippen molar-refractivity contribution < 1.29 is 8.42 Å². The van der Waals surface area contributed by atoms with Crippen LogP contribution in [-0.4, -0.2) is 57.5 Å². The topological polar surface area (TPSA) is 49.4 Å². The van der Waals surface area contributed by atoms with E-state index in [2.05, 4.69) is 17.1 Å². The zero-order valence-corrected chi connectivity index (χ0v) is 13.3. The van der Waals surface area contributed by atoms with E-state index >= 15 is 0 Å².